The van der Waals surface area contributed by atoms with Crippen molar-refractivity contribution in [1.82, 2.24) is 15.0 Å². The van der Waals surface area contributed by atoms with Gasteiger partial charge in [-0.25, -0.2) is 0 Å². The monoisotopic (exact) mass is 280 g/mol. The molecule has 2 N–H and O–H groups in total. The molecule has 0 aliphatic carbocycles. The van der Waals surface area contributed by atoms with Gasteiger partial charge >= 0.3 is 0 Å². The van der Waals surface area contributed by atoms with Gasteiger partial charge in [-0.05, 0) is 35.4 Å². The second-order valence-electron chi connectivity index (χ2n) is 4.69. The van der Waals surface area contributed by atoms with Crippen molar-refractivity contribution >= 4 is 5.69 Å². The molecule has 0 saturated heterocycles. The Morgan fingerprint density at radius 2 is 1.48 bits per heavy atom. The fourth-order valence-corrected chi connectivity index (χ4v) is 2.03. The lowest BCUT2D eigenvalue weighted by molar-refractivity contribution is 0.282. The summed E-state index contributed by atoms with van der Waals surface area (Å²) in [5, 5.41) is 20.6. The molecule has 2 aromatic carbocycles. The van der Waals surface area contributed by atoms with Crippen molar-refractivity contribution in [2.24, 2.45) is 0 Å². The Morgan fingerprint density at radius 1 is 0.857 bits per heavy atom. The van der Waals surface area contributed by atoms with Crippen LogP contribution in [0.5, 0.6) is 0 Å². The molecule has 1 aromatic heterocycles. The molecular formula is C16H16N4O. The van der Waals surface area contributed by atoms with Gasteiger partial charge in [-0.15, -0.1) is 0 Å². The molecule has 0 fully saturated rings. The van der Waals surface area contributed by atoms with Gasteiger partial charge in [0.1, 0.15) is 0 Å². The molecule has 0 amide bonds. The van der Waals surface area contributed by atoms with Crippen LogP contribution in [0.3, 0.4) is 0 Å². The van der Waals surface area contributed by atoms with Crippen molar-refractivity contribution in [1.29, 1.82) is 0 Å². The third kappa shape index (κ3) is 3.27. The van der Waals surface area contributed by atoms with Gasteiger partial charge in [0.05, 0.1) is 24.7 Å². The number of aromatic nitrogens is 3. The number of nitrogens with one attached hydrogen (secondary N) is 1. The van der Waals surface area contributed by atoms with Crippen molar-refractivity contribution in [3.63, 3.8) is 0 Å². The van der Waals surface area contributed by atoms with Crippen LogP contribution in [0.1, 0.15) is 11.1 Å². The fourth-order valence-electron chi connectivity index (χ4n) is 2.03. The molecule has 0 spiro atoms. The van der Waals surface area contributed by atoms with Crippen LogP contribution in [0, 0.1) is 0 Å². The van der Waals surface area contributed by atoms with E-state index in [9.17, 15) is 0 Å². The summed E-state index contributed by atoms with van der Waals surface area (Å²) >= 11 is 0. The Labute approximate surface area is 122 Å². The zero-order valence-corrected chi connectivity index (χ0v) is 11.5. The Balaban J connectivity index is 1.62. The molecule has 5 nitrogen and oxygen atoms in total. The van der Waals surface area contributed by atoms with E-state index in [4.69, 9.17) is 5.11 Å². The summed E-state index contributed by atoms with van der Waals surface area (Å²) in [5.41, 5.74) is 4.06. The minimum absolute atomic E-state index is 0.0800. The topological polar surface area (TPSA) is 63.0 Å². The van der Waals surface area contributed by atoms with E-state index in [-0.39, 0.29) is 6.61 Å². The molecule has 0 bridgehead atoms. The van der Waals surface area contributed by atoms with Crippen molar-refractivity contribution in [2.45, 2.75) is 13.2 Å². The molecule has 0 atom stereocenters. The Kier molecular flexibility index (Phi) is 3.93. The highest BCUT2D eigenvalue weighted by Gasteiger charge is 1.99. The minimum Gasteiger partial charge on any atom is -0.392 e. The Bertz CT molecular complexity index is 675. The predicted octanol–water partition coefficient (Wildman–Crippen LogP) is 2.37. The molecule has 0 aliphatic rings. The quantitative estimate of drug-likeness (QED) is 0.753. The summed E-state index contributed by atoms with van der Waals surface area (Å²) in [5.74, 6) is 0. The maximum absolute atomic E-state index is 9.01. The van der Waals surface area contributed by atoms with Crippen LogP contribution in [0.4, 0.5) is 5.69 Å². The van der Waals surface area contributed by atoms with Gasteiger partial charge in [-0.3, -0.25) is 0 Å². The standard InChI is InChI=1S/C16H16N4O/c21-12-14-3-1-13(2-4-14)11-17-15-5-7-16(8-6-15)20-18-9-10-19-20/h1-10,17,21H,11-12H2. The van der Waals surface area contributed by atoms with Crippen LogP contribution >= 0.6 is 0 Å². The lowest BCUT2D eigenvalue weighted by Crippen LogP contribution is -2.01. The first-order valence-electron chi connectivity index (χ1n) is 6.74. The SMILES string of the molecule is OCc1ccc(CNc2ccc(-n3nccn3)cc2)cc1. The summed E-state index contributed by atoms with van der Waals surface area (Å²) in [6.07, 6.45) is 3.31. The maximum Gasteiger partial charge on any atom is 0.0858 e. The van der Waals surface area contributed by atoms with E-state index >= 15 is 0 Å². The van der Waals surface area contributed by atoms with Gasteiger partial charge in [0.25, 0.3) is 0 Å². The van der Waals surface area contributed by atoms with Crippen molar-refractivity contribution in [2.75, 3.05) is 5.32 Å². The number of hydrogen-bond acceptors (Lipinski definition) is 4. The van der Waals surface area contributed by atoms with Crippen LogP contribution in [0.2, 0.25) is 0 Å². The van der Waals surface area contributed by atoms with E-state index in [1.807, 2.05) is 48.5 Å². The van der Waals surface area contributed by atoms with Gasteiger partial charge in [0.2, 0.25) is 0 Å². The van der Waals surface area contributed by atoms with Crippen LogP contribution in [0.15, 0.2) is 60.9 Å². The summed E-state index contributed by atoms with van der Waals surface area (Å²) in [6.45, 7) is 0.821. The molecule has 0 radical (unpaired) electrons. The van der Waals surface area contributed by atoms with Crippen molar-refractivity contribution in [3.05, 3.63) is 72.1 Å². The number of benzene rings is 2. The second kappa shape index (κ2) is 6.19. The summed E-state index contributed by atoms with van der Waals surface area (Å²) in [7, 11) is 0. The van der Waals surface area contributed by atoms with Gasteiger partial charge in [0, 0.05) is 12.2 Å². The van der Waals surface area contributed by atoms with Crippen LogP contribution < -0.4 is 5.32 Å². The molecule has 3 rings (SSSR count). The van der Waals surface area contributed by atoms with E-state index < -0.39 is 0 Å². The lowest BCUT2D eigenvalue weighted by atomic mass is 10.1. The zero-order chi connectivity index (χ0) is 14.5. The van der Waals surface area contributed by atoms with E-state index in [1.165, 1.54) is 5.56 Å². The van der Waals surface area contributed by atoms with E-state index in [0.717, 1.165) is 23.5 Å². The molecule has 5 heteroatoms. The summed E-state index contributed by atoms with van der Waals surface area (Å²) in [6, 6.07) is 15.8. The largest absolute Gasteiger partial charge is 0.392 e. The smallest absolute Gasteiger partial charge is 0.0858 e. The number of aliphatic hydroxyl groups is 1. The molecule has 0 unspecified atom stereocenters. The van der Waals surface area contributed by atoms with E-state index in [0.29, 0.717) is 0 Å². The van der Waals surface area contributed by atoms with Crippen molar-refractivity contribution in [3.8, 4) is 5.69 Å². The first kappa shape index (κ1) is 13.3. The number of aliphatic hydroxyl groups excluding tert-OH is 1. The van der Waals surface area contributed by atoms with Gasteiger partial charge in [-0.1, -0.05) is 24.3 Å². The molecule has 21 heavy (non-hydrogen) atoms. The highest BCUT2D eigenvalue weighted by molar-refractivity contribution is 5.48. The highest BCUT2D eigenvalue weighted by Crippen LogP contribution is 2.13. The molecule has 0 saturated carbocycles. The van der Waals surface area contributed by atoms with Gasteiger partial charge in [-0.2, -0.15) is 15.0 Å². The fraction of sp³-hybridized carbons (Fsp3) is 0.125. The van der Waals surface area contributed by atoms with Crippen LogP contribution in [-0.4, -0.2) is 20.1 Å². The Morgan fingerprint density at radius 3 is 2.10 bits per heavy atom. The second-order valence-corrected chi connectivity index (χ2v) is 4.69. The summed E-state index contributed by atoms with van der Waals surface area (Å²) < 4.78 is 0. The zero-order valence-electron chi connectivity index (χ0n) is 11.5. The first-order chi connectivity index (χ1) is 10.3. The number of anilines is 1. The molecular weight excluding hydrogens is 264 g/mol. The summed E-state index contributed by atoms with van der Waals surface area (Å²) in [4.78, 5) is 1.58. The van der Waals surface area contributed by atoms with Gasteiger partial charge < -0.3 is 10.4 Å². The third-order valence-corrected chi connectivity index (χ3v) is 3.22. The average molecular weight is 280 g/mol. The maximum atomic E-state index is 9.01. The van der Waals surface area contributed by atoms with E-state index in [2.05, 4.69) is 15.5 Å². The van der Waals surface area contributed by atoms with Crippen molar-refractivity contribution < 1.29 is 5.11 Å². The number of hydrogen-bond donors (Lipinski definition) is 2. The highest BCUT2D eigenvalue weighted by atomic mass is 16.3. The normalized spacial score (nSPS) is 10.5. The number of rotatable bonds is 5. The minimum atomic E-state index is 0.0800. The Hall–Kier alpha value is -2.66. The lowest BCUT2D eigenvalue weighted by Gasteiger charge is -2.08. The molecule has 0 aliphatic heterocycles. The molecule has 106 valence electrons. The third-order valence-electron chi connectivity index (χ3n) is 3.22. The van der Waals surface area contributed by atoms with Gasteiger partial charge in [0.15, 0.2) is 0 Å². The number of nitrogens with zero attached hydrogens (tertiary/aromatic N) is 3. The molecule has 1 heterocycles. The van der Waals surface area contributed by atoms with E-state index in [1.54, 1.807) is 17.2 Å². The van der Waals surface area contributed by atoms with Crippen LogP contribution in [-0.2, 0) is 13.2 Å². The average Bonchev–Trinajstić information content (AvgIpc) is 3.08. The first-order valence-corrected chi connectivity index (χ1v) is 6.74. The predicted molar refractivity (Wildman–Crippen MR) is 81.1 cm³/mol. The van der Waals surface area contributed by atoms with Crippen LogP contribution in [0.25, 0.3) is 5.69 Å². The molecule has 3 aromatic rings.